The smallest absolute Gasteiger partial charge is 0.361 e. The Morgan fingerprint density at radius 3 is 2.40 bits per heavy atom. The van der Waals surface area contributed by atoms with Gasteiger partial charge in [0.2, 0.25) is 0 Å². The van der Waals surface area contributed by atoms with E-state index in [1.54, 1.807) is 25.1 Å². The van der Waals surface area contributed by atoms with E-state index in [2.05, 4.69) is 15.4 Å². The van der Waals surface area contributed by atoms with Gasteiger partial charge in [0.15, 0.2) is 5.69 Å². The highest BCUT2D eigenvalue weighted by atomic mass is 16.5. The van der Waals surface area contributed by atoms with Crippen molar-refractivity contribution in [1.29, 1.82) is 0 Å². The van der Waals surface area contributed by atoms with E-state index in [-0.39, 0.29) is 12.3 Å². The third-order valence-corrected chi connectivity index (χ3v) is 2.68. The van der Waals surface area contributed by atoms with E-state index in [0.29, 0.717) is 22.8 Å². The molecule has 0 unspecified atom stereocenters. The van der Waals surface area contributed by atoms with E-state index >= 15 is 0 Å². The third-order valence-electron chi connectivity index (χ3n) is 2.68. The summed E-state index contributed by atoms with van der Waals surface area (Å²) in [7, 11) is 3.06. The van der Waals surface area contributed by atoms with Gasteiger partial charge in [0.1, 0.15) is 17.2 Å². The van der Waals surface area contributed by atoms with Gasteiger partial charge in [-0.1, -0.05) is 6.07 Å². The van der Waals surface area contributed by atoms with Crippen LogP contribution in [0.25, 0.3) is 11.3 Å². The number of hydrogen-bond donors (Lipinski definition) is 1. The molecule has 106 valence electrons. The molecular formula is C13H15N3O4. The second-order valence-electron chi connectivity index (χ2n) is 3.78. The minimum atomic E-state index is -0.552. The first-order chi connectivity index (χ1) is 9.72. The lowest BCUT2D eigenvalue weighted by Gasteiger charge is -2.11. The van der Waals surface area contributed by atoms with E-state index in [1.807, 2.05) is 0 Å². The third kappa shape index (κ3) is 2.42. The summed E-state index contributed by atoms with van der Waals surface area (Å²) in [6.45, 7) is 1.98. The molecule has 0 saturated heterocycles. The zero-order chi connectivity index (χ0) is 14.5. The summed E-state index contributed by atoms with van der Waals surface area (Å²) in [4.78, 5) is 11.9. The fourth-order valence-corrected chi connectivity index (χ4v) is 1.83. The number of rotatable bonds is 5. The number of ether oxygens (including phenoxy) is 3. The standard InChI is InChI=1S/C13H15N3O4/c1-4-20-13(17)12-11(14-16-15-12)10-8(18-2)6-5-7-9(10)19-3/h5-7H,4H2,1-3H3,(H,14,15,16). The van der Waals surface area contributed by atoms with Gasteiger partial charge < -0.3 is 14.2 Å². The highest BCUT2D eigenvalue weighted by Gasteiger charge is 2.24. The molecule has 0 atom stereocenters. The number of carbonyl (C=O) groups excluding carboxylic acids is 1. The van der Waals surface area contributed by atoms with Gasteiger partial charge in [-0.05, 0) is 19.1 Å². The van der Waals surface area contributed by atoms with Crippen LogP contribution in [0.2, 0.25) is 0 Å². The van der Waals surface area contributed by atoms with Gasteiger partial charge in [-0.25, -0.2) is 4.79 Å². The number of benzene rings is 1. The molecule has 0 fully saturated rings. The van der Waals surface area contributed by atoms with Gasteiger partial charge in [0, 0.05) is 0 Å². The Kier molecular flexibility index (Phi) is 4.19. The van der Waals surface area contributed by atoms with Gasteiger partial charge in [0.05, 0.1) is 26.4 Å². The van der Waals surface area contributed by atoms with E-state index in [4.69, 9.17) is 14.2 Å². The topological polar surface area (TPSA) is 86.3 Å². The van der Waals surface area contributed by atoms with Crippen LogP contribution in [0.4, 0.5) is 0 Å². The summed E-state index contributed by atoms with van der Waals surface area (Å²) in [5.74, 6) is 0.511. The fourth-order valence-electron chi connectivity index (χ4n) is 1.83. The minimum Gasteiger partial charge on any atom is -0.496 e. The number of esters is 1. The normalized spacial score (nSPS) is 10.2. The molecule has 7 heteroatoms. The maximum absolute atomic E-state index is 11.9. The Morgan fingerprint density at radius 1 is 1.20 bits per heavy atom. The first kappa shape index (κ1) is 13.9. The van der Waals surface area contributed by atoms with Crippen LogP contribution in [0, 0.1) is 0 Å². The van der Waals surface area contributed by atoms with E-state index in [9.17, 15) is 4.79 Å². The van der Waals surface area contributed by atoms with E-state index in [1.165, 1.54) is 14.2 Å². The predicted molar refractivity (Wildman–Crippen MR) is 70.9 cm³/mol. The molecule has 0 amide bonds. The van der Waals surface area contributed by atoms with Crippen molar-refractivity contribution < 1.29 is 19.0 Å². The molecule has 0 saturated carbocycles. The van der Waals surface area contributed by atoms with Crippen LogP contribution in [0.5, 0.6) is 11.5 Å². The lowest BCUT2D eigenvalue weighted by atomic mass is 10.1. The average Bonchev–Trinajstić information content (AvgIpc) is 2.95. The van der Waals surface area contributed by atoms with Gasteiger partial charge in [0.25, 0.3) is 0 Å². The second-order valence-corrected chi connectivity index (χ2v) is 3.78. The molecule has 1 aromatic carbocycles. The largest absolute Gasteiger partial charge is 0.496 e. The van der Waals surface area contributed by atoms with Crippen molar-refractivity contribution in [3.8, 4) is 22.8 Å². The molecule has 2 aromatic rings. The zero-order valence-electron chi connectivity index (χ0n) is 11.5. The molecule has 0 spiro atoms. The number of methoxy groups -OCH3 is 2. The van der Waals surface area contributed by atoms with E-state index < -0.39 is 5.97 Å². The van der Waals surface area contributed by atoms with Crippen molar-refractivity contribution in [2.75, 3.05) is 20.8 Å². The maximum Gasteiger partial charge on any atom is 0.361 e. The SMILES string of the molecule is CCOC(=O)c1n[nH]nc1-c1c(OC)cccc1OC. The Labute approximate surface area is 115 Å². The number of H-pyrrole nitrogens is 1. The Balaban J connectivity index is 2.57. The molecule has 0 aliphatic heterocycles. The molecule has 1 aromatic heterocycles. The fraction of sp³-hybridized carbons (Fsp3) is 0.308. The monoisotopic (exact) mass is 277 g/mol. The Hall–Kier alpha value is -2.57. The second kappa shape index (κ2) is 6.05. The van der Waals surface area contributed by atoms with Crippen molar-refractivity contribution in [3.05, 3.63) is 23.9 Å². The van der Waals surface area contributed by atoms with Crippen LogP contribution in [0.1, 0.15) is 17.4 Å². The maximum atomic E-state index is 11.9. The average molecular weight is 277 g/mol. The quantitative estimate of drug-likeness (QED) is 0.836. The highest BCUT2D eigenvalue weighted by Crippen LogP contribution is 2.38. The zero-order valence-corrected chi connectivity index (χ0v) is 11.5. The van der Waals surface area contributed by atoms with Gasteiger partial charge in [-0.15, -0.1) is 5.10 Å². The Morgan fingerprint density at radius 2 is 1.85 bits per heavy atom. The molecule has 0 aliphatic carbocycles. The first-order valence-corrected chi connectivity index (χ1v) is 6.02. The van der Waals surface area contributed by atoms with Crippen molar-refractivity contribution in [2.45, 2.75) is 6.92 Å². The Bertz CT molecular complexity index is 587. The van der Waals surface area contributed by atoms with Crippen LogP contribution in [-0.4, -0.2) is 42.2 Å². The number of carbonyl (C=O) groups is 1. The summed E-state index contributed by atoms with van der Waals surface area (Å²) in [5, 5.41) is 10.3. The van der Waals surface area contributed by atoms with Crippen LogP contribution >= 0.6 is 0 Å². The molecule has 1 N–H and O–H groups in total. The first-order valence-electron chi connectivity index (χ1n) is 6.02. The van der Waals surface area contributed by atoms with Crippen LogP contribution in [0.3, 0.4) is 0 Å². The lowest BCUT2D eigenvalue weighted by Crippen LogP contribution is -2.07. The van der Waals surface area contributed by atoms with Crippen LogP contribution < -0.4 is 9.47 Å². The minimum absolute atomic E-state index is 0.0923. The van der Waals surface area contributed by atoms with Gasteiger partial charge in [-0.2, -0.15) is 10.3 Å². The summed E-state index contributed by atoms with van der Waals surface area (Å²) in [5.41, 5.74) is 0.974. The lowest BCUT2D eigenvalue weighted by molar-refractivity contribution is 0.0520. The number of nitrogens with zero attached hydrogens (tertiary/aromatic N) is 2. The molecular weight excluding hydrogens is 262 g/mol. The predicted octanol–water partition coefficient (Wildman–Crippen LogP) is 1.67. The van der Waals surface area contributed by atoms with Crippen molar-refractivity contribution >= 4 is 5.97 Å². The number of aromatic amines is 1. The number of nitrogens with one attached hydrogen (secondary N) is 1. The molecule has 20 heavy (non-hydrogen) atoms. The highest BCUT2D eigenvalue weighted by molar-refractivity contribution is 5.95. The summed E-state index contributed by atoms with van der Waals surface area (Å²) in [6.07, 6.45) is 0. The number of aromatic nitrogens is 3. The van der Waals surface area contributed by atoms with Crippen molar-refractivity contribution in [2.24, 2.45) is 0 Å². The van der Waals surface area contributed by atoms with Crippen molar-refractivity contribution in [3.63, 3.8) is 0 Å². The molecule has 7 nitrogen and oxygen atoms in total. The molecule has 0 radical (unpaired) electrons. The van der Waals surface area contributed by atoms with Crippen LogP contribution in [0.15, 0.2) is 18.2 Å². The number of hydrogen-bond acceptors (Lipinski definition) is 6. The molecule has 1 heterocycles. The summed E-state index contributed by atoms with van der Waals surface area (Å²) in [6, 6.07) is 5.29. The summed E-state index contributed by atoms with van der Waals surface area (Å²) < 4.78 is 15.5. The molecule has 0 aliphatic rings. The summed E-state index contributed by atoms with van der Waals surface area (Å²) >= 11 is 0. The van der Waals surface area contributed by atoms with E-state index in [0.717, 1.165) is 0 Å². The molecule has 0 bridgehead atoms. The van der Waals surface area contributed by atoms with Gasteiger partial charge >= 0.3 is 5.97 Å². The van der Waals surface area contributed by atoms with Crippen molar-refractivity contribution in [1.82, 2.24) is 15.4 Å². The van der Waals surface area contributed by atoms with Crippen LogP contribution in [-0.2, 0) is 4.74 Å². The van der Waals surface area contributed by atoms with Gasteiger partial charge in [-0.3, -0.25) is 0 Å². The molecule has 2 rings (SSSR count).